The number of hydrogen-bond acceptors (Lipinski definition) is 7. The van der Waals surface area contributed by atoms with Gasteiger partial charge in [0.2, 0.25) is 0 Å². The number of carbonyl (C=O) groups is 2. The van der Waals surface area contributed by atoms with Crippen LogP contribution < -0.4 is 20.9 Å². The number of carbonyl (C=O) groups excluding carboxylic acids is 2. The quantitative estimate of drug-likeness (QED) is 0.702. The summed E-state index contributed by atoms with van der Waals surface area (Å²) in [5.74, 6) is -0.238. The van der Waals surface area contributed by atoms with Crippen molar-refractivity contribution in [2.45, 2.75) is 32.4 Å². The number of likely N-dealkylation sites (tertiary alicyclic amines) is 1. The van der Waals surface area contributed by atoms with Gasteiger partial charge in [-0.25, -0.2) is 9.78 Å². The molecule has 154 valence electrons. The lowest BCUT2D eigenvalue weighted by atomic mass is 10.1. The third kappa shape index (κ3) is 4.83. The first-order valence-electron chi connectivity index (χ1n) is 9.69. The molecule has 1 aromatic heterocycles. The maximum atomic E-state index is 12.2. The number of hydrogen-bond donors (Lipinski definition) is 3. The second-order valence-corrected chi connectivity index (χ2v) is 8.13. The minimum atomic E-state index is -0.510. The predicted octanol–water partition coefficient (Wildman–Crippen LogP) is 0.882. The largest absolute Gasteiger partial charge is 0.444 e. The summed E-state index contributed by atoms with van der Waals surface area (Å²) >= 11 is 0. The van der Waals surface area contributed by atoms with Crippen LogP contribution in [-0.2, 0) is 4.74 Å². The number of aromatic nitrogens is 1. The number of anilines is 2. The number of rotatable bonds is 4. The van der Waals surface area contributed by atoms with E-state index in [9.17, 15) is 9.59 Å². The molecule has 0 aliphatic carbocycles. The van der Waals surface area contributed by atoms with Gasteiger partial charge in [0.15, 0.2) is 5.69 Å². The van der Waals surface area contributed by atoms with Gasteiger partial charge in [-0.2, -0.15) is 0 Å². The molecule has 0 spiro atoms. The molecule has 3 heterocycles. The maximum Gasteiger partial charge on any atom is 0.410 e. The molecule has 0 bridgehead atoms. The lowest BCUT2D eigenvalue weighted by molar-refractivity contribution is 0.0104. The summed E-state index contributed by atoms with van der Waals surface area (Å²) in [6.45, 7) is 10.3. The molecule has 3 N–H and O–H groups in total. The second kappa shape index (κ2) is 8.22. The second-order valence-electron chi connectivity index (χ2n) is 8.13. The molecule has 2 amide bonds. The first-order valence-corrected chi connectivity index (χ1v) is 9.69. The van der Waals surface area contributed by atoms with Crippen LogP contribution in [0.1, 0.15) is 31.3 Å². The number of piperazine rings is 1. The standard InChI is InChI=1S/C19H30N6O3/c1-19(2,3)28-18(27)25-11-13(12-25)23-15-9-14(24-7-5-21-6-8-24)10-22-16(15)17(26)20-4/h9-10,13,21,23H,5-8,11-12H2,1-4H3,(H,20,26). The fourth-order valence-electron chi connectivity index (χ4n) is 3.22. The van der Waals surface area contributed by atoms with Crippen LogP contribution in [0.4, 0.5) is 16.2 Å². The highest BCUT2D eigenvalue weighted by molar-refractivity contribution is 5.98. The molecule has 28 heavy (non-hydrogen) atoms. The monoisotopic (exact) mass is 390 g/mol. The maximum absolute atomic E-state index is 12.2. The Morgan fingerprint density at radius 2 is 1.93 bits per heavy atom. The van der Waals surface area contributed by atoms with Crippen LogP contribution in [-0.4, -0.2) is 79.8 Å². The van der Waals surface area contributed by atoms with E-state index >= 15 is 0 Å². The molecule has 0 saturated carbocycles. The summed E-state index contributed by atoms with van der Waals surface area (Å²) < 4.78 is 5.39. The summed E-state index contributed by atoms with van der Waals surface area (Å²) in [6, 6.07) is 2.02. The lowest BCUT2D eigenvalue weighted by Crippen LogP contribution is -2.58. The van der Waals surface area contributed by atoms with Gasteiger partial charge in [0.25, 0.3) is 5.91 Å². The fraction of sp³-hybridized carbons (Fsp3) is 0.632. The lowest BCUT2D eigenvalue weighted by Gasteiger charge is -2.40. The van der Waals surface area contributed by atoms with E-state index in [0.717, 1.165) is 31.9 Å². The van der Waals surface area contributed by atoms with Crippen LogP contribution in [0, 0.1) is 0 Å². The van der Waals surface area contributed by atoms with E-state index in [2.05, 4.69) is 25.8 Å². The van der Waals surface area contributed by atoms with E-state index in [4.69, 9.17) is 4.74 Å². The molecule has 0 atom stereocenters. The van der Waals surface area contributed by atoms with Crippen LogP contribution in [0.25, 0.3) is 0 Å². The third-order valence-corrected chi connectivity index (χ3v) is 4.69. The summed E-state index contributed by atoms with van der Waals surface area (Å²) in [7, 11) is 1.59. The average molecular weight is 390 g/mol. The molecule has 2 saturated heterocycles. The number of nitrogens with one attached hydrogen (secondary N) is 3. The minimum Gasteiger partial charge on any atom is -0.444 e. The predicted molar refractivity (Wildman–Crippen MR) is 108 cm³/mol. The molecule has 9 heteroatoms. The summed E-state index contributed by atoms with van der Waals surface area (Å²) in [6.07, 6.45) is 1.43. The van der Waals surface area contributed by atoms with Crippen LogP contribution in [0.3, 0.4) is 0 Å². The smallest absolute Gasteiger partial charge is 0.410 e. The molecule has 3 rings (SSSR count). The zero-order valence-corrected chi connectivity index (χ0v) is 17.0. The van der Waals surface area contributed by atoms with Crippen molar-refractivity contribution in [2.24, 2.45) is 0 Å². The fourth-order valence-corrected chi connectivity index (χ4v) is 3.22. The van der Waals surface area contributed by atoms with Gasteiger partial charge >= 0.3 is 6.09 Å². The Balaban J connectivity index is 1.68. The van der Waals surface area contributed by atoms with Crippen molar-refractivity contribution in [1.82, 2.24) is 20.5 Å². The van der Waals surface area contributed by atoms with E-state index in [1.165, 1.54) is 0 Å². The molecule has 2 fully saturated rings. The topological polar surface area (TPSA) is 98.8 Å². The van der Waals surface area contributed by atoms with Gasteiger partial charge < -0.3 is 30.5 Å². The van der Waals surface area contributed by atoms with Crippen LogP contribution in [0.5, 0.6) is 0 Å². The van der Waals surface area contributed by atoms with E-state index in [0.29, 0.717) is 24.5 Å². The Hall–Kier alpha value is -2.55. The van der Waals surface area contributed by atoms with Crippen molar-refractivity contribution < 1.29 is 14.3 Å². The molecular formula is C19H30N6O3. The van der Waals surface area contributed by atoms with Crippen LogP contribution >= 0.6 is 0 Å². The number of pyridine rings is 1. The molecule has 1 aromatic rings. The van der Waals surface area contributed by atoms with Gasteiger partial charge in [-0.05, 0) is 26.8 Å². The highest BCUT2D eigenvalue weighted by Gasteiger charge is 2.34. The van der Waals surface area contributed by atoms with Gasteiger partial charge in [0, 0.05) is 46.3 Å². The molecule has 0 radical (unpaired) electrons. The Labute approximate surface area is 165 Å². The number of amides is 2. The molecule has 2 aliphatic heterocycles. The van der Waals surface area contributed by atoms with Gasteiger partial charge in [-0.3, -0.25) is 4.79 Å². The van der Waals surface area contributed by atoms with Crippen molar-refractivity contribution in [3.8, 4) is 0 Å². The first kappa shape index (κ1) is 20.2. The highest BCUT2D eigenvalue weighted by Crippen LogP contribution is 2.25. The first-order chi connectivity index (χ1) is 13.3. The minimum absolute atomic E-state index is 0.0518. The van der Waals surface area contributed by atoms with Crippen molar-refractivity contribution in [3.05, 3.63) is 18.0 Å². The Kier molecular flexibility index (Phi) is 5.93. The molecule has 0 unspecified atom stereocenters. The van der Waals surface area contributed by atoms with E-state index in [1.54, 1.807) is 18.1 Å². The van der Waals surface area contributed by atoms with Crippen molar-refractivity contribution >= 4 is 23.4 Å². The highest BCUT2D eigenvalue weighted by atomic mass is 16.6. The van der Waals surface area contributed by atoms with Gasteiger partial charge in [-0.15, -0.1) is 0 Å². The van der Waals surface area contributed by atoms with E-state index < -0.39 is 5.60 Å². The van der Waals surface area contributed by atoms with Crippen LogP contribution in [0.15, 0.2) is 12.3 Å². The van der Waals surface area contributed by atoms with Crippen LogP contribution in [0.2, 0.25) is 0 Å². The third-order valence-electron chi connectivity index (χ3n) is 4.69. The Bertz CT molecular complexity index is 721. The van der Waals surface area contributed by atoms with Crippen molar-refractivity contribution in [2.75, 3.05) is 56.5 Å². The summed E-state index contributed by atoms with van der Waals surface area (Å²) in [5.41, 5.74) is 1.52. The van der Waals surface area contributed by atoms with Gasteiger partial charge in [0.1, 0.15) is 5.60 Å². The number of ether oxygens (including phenoxy) is 1. The zero-order chi connectivity index (χ0) is 20.3. The van der Waals surface area contributed by atoms with Gasteiger partial charge in [0.05, 0.1) is 23.6 Å². The summed E-state index contributed by atoms with van der Waals surface area (Å²) in [4.78, 5) is 32.6. The Morgan fingerprint density at radius 1 is 1.25 bits per heavy atom. The van der Waals surface area contributed by atoms with Gasteiger partial charge in [-0.1, -0.05) is 0 Å². The molecule has 9 nitrogen and oxygen atoms in total. The van der Waals surface area contributed by atoms with Crippen molar-refractivity contribution in [1.29, 1.82) is 0 Å². The molecular weight excluding hydrogens is 360 g/mol. The normalized spacial score (nSPS) is 17.7. The average Bonchev–Trinajstić information content (AvgIpc) is 2.62. The summed E-state index contributed by atoms with van der Waals surface area (Å²) in [5, 5.41) is 9.34. The van der Waals surface area contributed by atoms with E-state index in [-0.39, 0.29) is 18.0 Å². The van der Waals surface area contributed by atoms with E-state index in [1.807, 2.05) is 26.8 Å². The molecule has 2 aliphatic rings. The zero-order valence-electron chi connectivity index (χ0n) is 17.0. The van der Waals surface area contributed by atoms with Crippen molar-refractivity contribution in [3.63, 3.8) is 0 Å². The Morgan fingerprint density at radius 3 is 2.54 bits per heavy atom. The number of nitrogens with zero attached hydrogens (tertiary/aromatic N) is 3. The SMILES string of the molecule is CNC(=O)c1ncc(N2CCNCC2)cc1NC1CN(C(=O)OC(C)(C)C)C1. The molecule has 0 aromatic carbocycles.